The van der Waals surface area contributed by atoms with Crippen molar-refractivity contribution in [1.29, 1.82) is 0 Å². The second kappa shape index (κ2) is 8.73. The van der Waals surface area contributed by atoms with Gasteiger partial charge in [0.1, 0.15) is 0 Å². The molecule has 0 bridgehead atoms. The van der Waals surface area contributed by atoms with Gasteiger partial charge in [0, 0.05) is 32.1 Å². The predicted molar refractivity (Wildman–Crippen MR) is 94.5 cm³/mol. The van der Waals surface area contributed by atoms with Crippen LogP contribution in [0.3, 0.4) is 0 Å². The van der Waals surface area contributed by atoms with E-state index in [1.165, 1.54) is 16.7 Å². The summed E-state index contributed by atoms with van der Waals surface area (Å²) in [5, 5.41) is 9.25. The molecule has 30 heavy (non-hydrogen) atoms. The van der Waals surface area contributed by atoms with Gasteiger partial charge in [-0.15, -0.1) is 0 Å². The van der Waals surface area contributed by atoms with E-state index in [9.17, 15) is 41.0 Å². The van der Waals surface area contributed by atoms with Crippen molar-refractivity contribution in [2.75, 3.05) is 6.54 Å². The predicted octanol–water partition coefficient (Wildman–Crippen LogP) is 4.99. The lowest BCUT2D eigenvalue weighted by molar-refractivity contribution is -0.143. The number of amides is 2. The van der Waals surface area contributed by atoms with Crippen LogP contribution in [0.5, 0.6) is 0 Å². The van der Waals surface area contributed by atoms with Crippen molar-refractivity contribution in [2.45, 2.75) is 64.1 Å². The Kier molecular flexibility index (Phi) is 6.93. The van der Waals surface area contributed by atoms with E-state index in [-0.39, 0.29) is 31.0 Å². The highest BCUT2D eigenvalue weighted by molar-refractivity contribution is 5.73. The number of hydrogen-bond donors (Lipinski definition) is 1. The topological polar surface area (TPSA) is 60.9 Å². The second-order valence-electron chi connectivity index (χ2n) is 7.28. The van der Waals surface area contributed by atoms with Crippen LogP contribution in [0.15, 0.2) is 18.2 Å². The van der Waals surface area contributed by atoms with Crippen molar-refractivity contribution in [3.05, 3.63) is 34.9 Å². The minimum atomic E-state index is -4.98. The Morgan fingerprint density at radius 1 is 1.10 bits per heavy atom. The summed E-state index contributed by atoms with van der Waals surface area (Å²) in [7, 11) is 0. The highest BCUT2D eigenvalue weighted by Crippen LogP contribution is 2.37. The first-order valence-electron chi connectivity index (χ1n) is 9.29. The quantitative estimate of drug-likeness (QED) is 0.671. The highest BCUT2D eigenvalue weighted by Gasteiger charge is 2.38. The molecule has 0 aromatic heterocycles. The molecule has 2 unspecified atom stereocenters. The van der Waals surface area contributed by atoms with Crippen LogP contribution in [0.4, 0.5) is 31.1 Å². The Labute approximate surface area is 169 Å². The lowest BCUT2D eigenvalue weighted by Gasteiger charge is -2.42. The number of benzene rings is 1. The molecule has 0 aliphatic carbocycles. The monoisotopic (exact) mass is 440 g/mol. The zero-order valence-corrected chi connectivity index (χ0v) is 16.3. The number of carbonyl (C=O) groups is 2. The van der Waals surface area contributed by atoms with E-state index in [2.05, 4.69) is 0 Å². The molecule has 2 atom stereocenters. The number of carbonyl (C=O) groups excluding carboxylic acids is 1. The standard InChI is InChI=1S/C19H22F6N2O3/c1-3-15-9-16(4-5-26(15)17(29)30)27(11(2)28)10-12-6-13(18(20,21)22)8-14(7-12)19(23,24)25/h6-8,15-16H,3-5,9-10H2,1-2H3,(H,29,30). The summed E-state index contributed by atoms with van der Waals surface area (Å²) in [6, 6.07) is 0.367. The maximum Gasteiger partial charge on any atom is 0.416 e. The molecule has 1 aliphatic rings. The third kappa shape index (κ3) is 5.57. The Morgan fingerprint density at radius 3 is 2.03 bits per heavy atom. The van der Waals surface area contributed by atoms with Crippen LogP contribution >= 0.6 is 0 Å². The van der Waals surface area contributed by atoms with Gasteiger partial charge in [-0.2, -0.15) is 26.3 Å². The molecular weight excluding hydrogens is 418 g/mol. The lowest BCUT2D eigenvalue weighted by Crippen LogP contribution is -2.52. The number of halogens is 6. The molecule has 5 nitrogen and oxygen atoms in total. The van der Waals surface area contributed by atoms with Crippen LogP contribution < -0.4 is 0 Å². The Balaban J connectivity index is 2.35. The van der Waals surface area contributed by atoms with Gasteiger partial charge in [0.05, 0.1) is 11.1 Å². The summed E-state index contributed by atoms with van der Waals surface area (Å²) < 4.78 is 78.6. The highest BCUT2D eigenvalue weighted by atomic mass is 19.4. The molecule has 11 heteroatoms. The number of piperidine rings is 1. The molecule has 168 valence electrons. The molecule has 1 saturated heterocycles. The van der Waals surface area contributed by atoms with Crippen LogP contribution in [0.2, 0.25) is 0 Å². The SMILES string of the molecule is CCC1CC(N(Cc2cc(C(F)(F)F)cc(C(F)(F)F)c2)C(C)=O)CCN1C(=O)O. The molecule has 1 aromatic carbocycles. The molecule has 0 spiro atoms. The fourth-order valence-corrected chi connectivity index (χ4v) is 3.76. The first-order chi connectivity index (χ1) is 13.7. The van der Waals surface area contributed by atoms with Crippen molar-refractivity contribution in [3.63, 3.8) is 0 Å². The second-order valence-corrected chi connectivity index (χ2v) is 7.28. The van der Waals surface area contributed by atoms with Gasteiger partial charge >= 0.3 is 18.4 Å². The van der Waals surface area contributed by atoms with E-state index < -0.39 is 54.1 Å². The summed E-state index contributed by atoms with van der Waals surface area (Å²) in [6.07, 6.45) is -10.1. The van der Waals surface area contributed by atoms with Gasteiger partial charge in [0.2, 0.25) is 5.91 Å². The molecule has 2 rings (SSSR count). The summed E-state index contributed by atoms with van der Waals surface area (Å²) in [4.78, 5) is 26.0. The van der Waals surface area contributed by atoms with Gasteiger partial charge in [-0.1, -0.05) is 6.92 Å². The van der Waals surface area contributed by atoms with Crippen molar-refractivity contribution in [2.24, 2.45) is 0 Å². The van der Waals surface area contributed by atoms with Gasteiger partial charge in [-0.3, -0.25) is 4.79 Å². The van der Waals surface area contributed by atoms with Gasteiger partial charge in [0.25, 0.3) is 0 Å². The fraction of sp³-hybridized carbons (Fsp3) is 0.579. The zero-order valence-electron chi connectivity index (χ0n) is 16.3. The maximum atomic E-state index is 13.1. The molecule has 1 heterocycles. The van der Waals surface area contributed by atoms with Crippen LogP contribution in [0.25, 0.3) is 0 Å². The van der Waals surface area contributed by atoms with E-state index in [1.807, 2.05) is 0 Å². The minimum Gasteiger partial charge on any atom is -0.465 e. The number of hydrogen-bond acceptors (Lipinski definition) is 2. The fourth-order valence-electron chi connectivity index (χ4n) is 3.76. The van der Waals surface area contributed by atoms with Crippen molar-refractivity contribution in [3.8, 4) is 0 Å². The minimum absolute atomic E-state index is 0.0417. The van der Waals surface area contributed by atoms with Gasteiger partial charge in [0.15, 0.2) is 0 Å². The van der Waals surface area contributed by atoms with Gasteiger partial charge in [-0.25, -0.2) is 4.79 Å². The molecule has 1 aliphatic heterocycles. The Morgan fingerprint density at radius 2 is 1.63 bits per heavy atom. The molecule has 2 amide bonds. The van der Waals surface area contributed by atoms with E-state index in [4.69, 9.17) is 0 Å². The van der Waals surface area contributed by atoms with Gasteiger partial charge < -0.3 is 14.9 Å². The number of rotatable bonds is 4. The number of likely N-dealkylation sites (tertiary alicyclic amines) is 1. The van der Waals surface area contributed by atoms with Gasteiger partial charge in [-0.05, 0) is 43.0 Å². The largest absolute Gasteiger partial charge is 0.465 e. The molecule has 1 N–H and O–H groups in total. The van der Waals surface area contributed by atoms with Crippen LogP contribution in [-0.2, 0) is 23.7 Å². The molecular formula is C19H22F6N2O3. The van der Waals surface area contributed by atoms with Crippen molar-refractivity contribution in [1.82, 2.24) is 9.80 Å². The molecule has 0 radical (unpaired) electrons. The third-order valence-electron chi connectivity index (χ3n) is 5.25. The summed E-state index contributed by atoms with van der Waals surface area (Å²) in [5.41, 5.74) is -3.17. The average Bonchev–Trinajstić information content (AvgIpc) is 2.63. The van der Waals surface area contributed by atoms with Crippen LogP contribution in [0.1, 0.15) is 49.8 Å². The van der Waals surface area contributed by atoms with Crippen LogP contribution in [-0.4, -0.2) is 45.5 Å². The van der Waals surface area contributed by atoms with Crippen molar-refractivity contribution < 1.29 is 41.0 Å². The van der Waals surface area contributed by atoms with E-state index in [0.717, 1.165) is 0 Å². The third-order valence-corrected chi connectivity index (χ3v) is 5.25. The summed E-state index contributed by atoms with van der Waals surface area (Å²) >= 11 is 0. The van der Waals surface area contributed by atoms with Crippen LogP contribution in [0, 0.1) is 0 Å². The number of alkyl halides is 6. The number of carboxylic acid groups (broad SMARTS) is 1. The first kappa shape index (κ1) is 23.8. The van der Waals surface area contributed by atoms with E-state index in [1.54, 1.807) is 6.92 Å². The maximum absolute atomic E-state index is 13.1. The molecule has 1 aromatic rings. The first-order valence-corrected chi connectivity index (χ1v) is 9.29. The summed E-state index contributed by atoms with van der Waals surface area (Å²) in [5.74, 6) is -0.510. The molecule has 1 fully saturated rings. The Hall–Kier alpha value is -2.46. The smallest absolute Gasteiger partial charge is 0.416 e. The average molecular weight is 440 g/mol. The number of nitrogens with zero attached hydrogens (tertiary/aromatic N) is 2. The lowest BCUT2D eigenvalue weighted by atomic mass is 9.93. The normalized spacial score (nSPS) is 20.2. The molecule has 0 saturated carbocycles. The van der Waals surface area contributed by atoms with Crippen molar-refractivity contribution >= 4 is 12.0 Å². The van der Waals surface area contributed by atoms with E-state index >= 15 is 0 Å². The summed E-state index contributed by atoms with van der Waals surface area (Å²) in [6.45, 7) is 2.64. The zero-order chi connectivity index (χ0) is 22.9. The Bertz CT molecular complexity index is 761. The van der Waals surface area contributed by atoms with E-state index in [0.29, 0.717) is 18.6 Å².